The van der Waals surface area contributed by atoms with Crippen molar-refractivity contribution in [2.75, 3.05) is 12.5 Å². The lowest BCUT2D eigenvalue weighted by Gasteiger charge is -2.33. The van der Waals surface area contributed by atoms with Crippen molar-refractivity contribution in [3.05, 3.63) is 48.2 Å². The Bertz CT molecular complexity index is 533. The first kappa shape index (κ1) is 15.4. The molecule has 0 bridgehead atoms. The second kappa shape index (κ2) is 7.13. The van der Waals surface area contributed by atoms with Crippen molar-refractivity contribution in [2.45, 2.75) is 12.5 Å². The highest BCUT2D eigenvalue weighted by molar-refractivity contribution is 6.17. The molecule has 1 aromatic rings. The number of urea groups is 1. The molecule has 2 atom stereocenters. The van der Waals surface area contributed by atoms with Gasteiger partial charge in [0.2, 0.25) is 0 Å². The predicted octanol–water partition coefficient (Wildman–Crippen LogP) is 2.34. The number of ether oxygens (including phenoxy) is 1. The number of benzene rings is 1. The third kappa shape index (κ3) is 3.76. The largest absolute Gasteiger partial charge is 0.465 e. The first-order valence-electron chi connectivity index (χ1n) is 6.67. The zero-order valence-electron chi connectivity index (χ0n) is 11.5. The molecule has 1 aliphatic heterocycles. The highest BCUT2D eigenvalue weighted by atomic mass is 35.5. The van der Waals surface area contributed by atoms with Gasteiger partial charge in [-0.1, -0.05) is 36.9 Å². The van der Waals surface area contributed by atoms with Gasteiger partial charge in [0.15, 0.2) is 0 Å². The van der Waals surface area contributed by atoms with E-state index in [1.165, 1.54) is 0 Å². The summed E-state index contributed by atoms with van der Waals surface area (Å²) < 4.78 is 5.20. The number of carbonyl (C=O) groups is 2. The number of nitrogens with one attached hydrogen (secondary N) is 2. The lowest BCUT2D eigenvalue weighted by Crippen LogP contribution is -2.51. The fraction of sp³-hybridized carbons (Fsp3) is 0.333. The van der Waals surface area contributed by atoms with Gasteiger partial charge in [-0.05, 0) is 12.0 Å². The topological polar surface area (TPSA) is 67.4 Å². The SMILES string of the molecule is C=C1NC(=O)N[C@@H](c2ccccc2)[C@@H]1C(=O)OCCCCl. The van der Waals surface area contributed by atoms with Crippen LogP contribution in [-0.4, -0.2) is 24.5 Å². The summed E-state index contributed by atoms with van der Waals surface area (Å²) >= 11 is 5.56. The van der Waals surface area contributed by atoms with Gasteiger partial charge >= 0.3 is 12.0 Å². The van der Waals surface area contributed by atoms with Crippen molar-refractivity contribution in [1.82, 2.24) is 10.6 Å². The van der Waals surface area contributed by atoms with E-state index in [0.29, 0.717) is 18.0 Å². The fourth-order valence-electron chi connectivity index (χ4n) is 2.22. The number of hydrogen-bond acceptors (Lipinski definition) is 3. The minimum Gasteiger partial charge on any atom is -0.465 e. The average molecular weight is 309 g/mol. The molecule has 1 saturated heterocycles. The van der Waals surface area contributed by atoms with Crippen LogP contribution in [0, 0.1) is 5.92 Å². The molecule has 112 valence electrons. The molecule has 0 radical (unpaired) electrons. The van der Waals surface area contributed by atoms with Gasteiger partial charge in [0, 0.05) is 11.6 Å². The predicted molar refractivity (Wildman–Crippen MR) is 79.8 cm³/mol. The van der Waals surface area contributed by atoms with Crippen LogP contribution >= 0.6 is 11.6 Å². The third-order valence-electron chi connectivity index (χ3n) is 3.20. The van der Waals surface area contributed by atoms with Crippen molar-refractivity contribution >= 4 is 23.6 Å². The number of amides is 2. The van der Waals surface area contributed by atoms with E-state index in [9.17, 15) is 9.59 Å². The molecule has 0 unspecified atom stereocenters. The maximum atomic E-state index is 12.3. The van der Waals surface area contributed by atoms with E-state index in [1.807, 2.05) is 30.3 Å². The summed E-state index contributed by atoms with van der Waals surface area (Å²) in [5.41, 5.74) is 1.16. The van der Waals surface area contributed by atoms with Gasteiger partial charge < -0.3 is 15.4 Å². The van der Waals surface area contributed by atoms with E-state index in [0.717, 1.165) is 5.56 Å². The van der Waals surface area contributed by atoms with Crippen molar-refractivity contribution < 1.29 is 14.3 Å². The Labute approximate surface area is 128 Å². The summed E-state index contributed by atoms with van der Waals surface area (Å²) in [5.74, 6) is -0.664. The number of alkyl halides is 1. The quantitative estimate of drug-likeness (QED) is 0.498. The van der Waals surface area contributed by atoms with Crippen LogP contribution in [-0.2, 0) is 9.53 Å². The zero-order valence-corrected chi connectivity index (χ0v) is 12.2. The molecule has 1 heterocycles. The zero-order chi connectivity index (χ0) is 15.2. The maximum absolute atomic E-state index is 12.3. The molecule has 1 fully saturated rings. The van der Waals surface area contributed by atoms with E-state index in [4.69, 9.17) is 16.3 Å². The van der Waals surface area contributed by atoms with Crippen LogP contribution in [0.2, 0.25) is 0 Å². The average Bonchev–Trinajstić information content (AvgIpc) is 2.47. The van der Waals surface area contributed by atoms with Gasteiger partial charge in [0.25, 0.3) is 0 Å². The highest BCUT2D eigenvalue weighted by Crippen LogP contribution is 2.30. The number of carbonyl (C=O) groups excluding carboxylic acids is 2. The monoisotopic (exact) mass is 308 g/mol. The first-order valence-corrected chi connectivity index (χ1v) is 7.21. The molecule has 6 heteroatoms. The van der Waals surface area contributed by atoms with E-state index >= 15 is 0 Å². The molecular formula is C15H17ClN2O3. The van der Waals surface area contributed by atoms with E-state index in [-0.39, 0.29) is 12.6 Å². The maximum Gasteiger partial charge on any atom is 0.319 e. The molecule has 0 saturated carbocycles. The van der Waals surface area contributed by atoms with Crippen molar-refractivity contribution in [3.8, 4) is 0 Å². The van der Waals surface area contributed by atoms with E-state index in [1.54, 1.807) is 0 Å². The summed E-state index contributed by atoms with van der Waals surface area (Å²) in [7, 11) is 0. The molecule has 21 heavy (non-hydrogen) atoms. The smallest absolute Gasteiger partial charge is 0.319 e. The molecular weight excluding hydrogens is 292 g/mol. The minimum atomic E-state index is -0.666. The Kier molecular flexibility index (Phi) is 5.22. The Morgan fingerprint density at radius 3 is 2.71 bits per heavy atom. The van der Waals surface area contributed by atoms with Crippen molar-refractivity contribution in [3.63, 3.8) is 0 Å². The second-order valence-corrected chi connectivity index (χ2v) is 5.08. The number of hydrogen-bond donors (Lipinski definition) is 2. The lowest BCUT2D eigenvalue weighted by atomic mass is 9.89. The molecule has 0 spiro atoms. The standard InChI is InChI=1S/C15H17ClN2O3/c1-10-12(14(19)21-9-5-8-16)13(18-15(20)17-10)11-6-3-2-4-7-11/h2-4,6-7,12-13H,1,5,8-9H2,(H2,17,18,20)/t12-,13+/m1/s1. The summed E-state index contributed by atoms with van der Waals surface area (Å²) in [4.78, 5) is 23.9. The molecule has 1 aliphatic rings. The van der Waals surface area contributed by atoms with Crippen LogP contribution in [0.25, 0.3) is 0 Å². The first-order chi connectivity index (χ1) is 10.1. The van der Waals surface area contributed by atoms with Crippen molar-refractivity contribution in [1.29, 1.82) is 0 Å². The second-order valence-electron chi connectivity index (χ2n) is 4.70. The Morgan fingerprint density at radius 1 is 1.33 bits per heavy atom. The van der Waals surface area contributed by atoms with Crippen LogP contribution in [0.15, 0.2) is 42.6 Å². The fourth-order valence-corrected chi connectivity index (χ4v) is 2.33. The van der Waals surface area contributed by atoms with E-state index < -0.39 is 17.9 Å². The van der Waals surface area contributed by atoms with Gasteiger partial charge in [-0.25, -0.2) is 4.79 Å². The minimum absolute atomic E-state index is 0.252. The van der Waals surface area contributed by atoms with Gasteiger partial charge in [0.05, 0.1) is 12.6 Å². The summed E-state index contributed by atoms with van der Waals surface area (Å²) in [6.45, 7) is 4.02. The molecule has 2 N–H and O–H groups in total. The van der Waals surface area contributed by atoms with Gasteiger partial charge in [0.1, 0.15) is 5.92 Å². The number of rotatable bonds is 5. The Hall–Kier alpha value is -2.01. The molecule has 5 nitrogen and oxygen atoms in total. The Balaban J connectivity index is 2.19. The van der Waals surface area contributed by atoms with Crippen LogP contribution in [0.1, 0.15) is 18.0 Å². The Morgan fingerprint density at radius 2 is 2.05 bits per heavy atom. The summed E-state index contributed by atoms with van der Waals surface area (Å²) in [5, 5.41) is 5.28. The molecule has 1 aromatic carbocycles. The van der Waals surface area contributed by atoms with Crippen LogP contribution in [0.5, 0.6) is 0 Å². The molecule has 2 amide bonds. The molecule has 0 aliphatic carbocycles. The van der Waals surface area contributed by atoms with Crippen molar-refractivity contribution in [2.24, 2.45) is 5.92 Å². The third-order valence-corrected chi connectivity index (χ3v) is 3.47. The van der Waals surface area contributed by atoms with Crippen LogP contribution < -0.4 is 10.6 Å². The number of halogens is 1. The molecule has 0 aromatic heterocycles. The number of esters is 1. The van der Waals surface area contributed by atoms with Gasteiger partial charge in [-0.3, -0.25) is 4.79 Å². The normalized spacial score (nSPS) is 21.4. The highest BCUT2D eigenvalue weighted by Gasteiger charge is 2.38. The van der Waals surface area contributed by atoms with Crippen LogP contribution in [0.3, 0.4) is 0 Å². The van der Waals surface area contributed by atoms with Gasteiger partial charge in [-0.15, -0.1) is 11.6 Å². The van der Waals surface area contributed by atoms with E-state index in [2.05, 4.69) is 17.2 Å². The van der Waals surface area contributed by atoms with Crippen LogP contribution in [0.4, 0.5) is 4.79 Å². The summed E-state index contributed by atoms with van der Waals surface area (Å²) in [6.07, 6.45) is 0.586. The molecule has 2 rings (SSSR count). The summed E-state index contributed by atoms with van der Waals surface area (Å²) in [6, 6.07) is 8.40. The lowest BCUT2D eigenvalue weighted by molar-refractivity contribution is -0.148. The van der Waals surface area contributed by atoms with Gasteiger partial charge in [-0.2, -0.15) is 0 Å².